The van der Waals surface area contributed by atoms with Gasteiger partial charge in [-0.05, 0) is 61.4 Å². The number of amides is 3. The second-order valence-electron chi connectivity index (χ2n) is 9.56. The summed E-state index contributed by atoms with van der Waals surface area (Å²) in [6.45, 7) is 1.75. The van der Waals surface area contributed by atoms with E-state index in [0.717, 1.165) is 29.0 Å². The van der Waals surface area contributed by atoms with Gasteiger partial charge in [-0.3, -0.25) is 14.4 Å². The van der Waals surface area contributed by atoms with E-state index >= 15 is 0 Å². The Hall–Kier alpha value is -3.37. The van der Waals surface area contributed by atoms with Crippen molar-refractivity contribution in [3.8, 4) is 0 Å². The Morgan fingerprint density at radius 1 is 1.14 bits per heavy atom. The molecule has 1 spiro atoms. The zero-order chi connectivity index (χ0) is 25.1. The number of hydrogen-bond acceptors (Lipinski definition) is 7. The number of rotatable bonds is 4. The first kappa shape index (κ1) is 24.3. The summed E-state index contributed by atoms with van der Waals surface area (Å²) in [5, 5.41) is 15.0. The molecule has 9 nitrogen and oxygen atoms in total. The summed E-state index contributed by atoms with van der Waals surface area (Å²) in [5.74, 6) is 0.163. The van der Waals surface area contributed by atoms with Crippen LogP contribution in [0.3, 0.4) is 0 Å². The molecule has 2 aromatic rings. The van der Waals surface area contributed by atoms with E-state index in [1.807, 2.05) is 16.3 Å². The highest BCUT2D eigenvalue weighted by Gasteiger charge is 2.45. The topological polar surface area (TPSA) is 116 Å². The first-order chi connectivity index (χ1) is 17.5. The molecule has 3 amide bonds. The highest BCUT2D eigenvalue weighted by molar-refractivity contribution is 7.10. The molecule has 36 heavy (non-hydrogen) atoms. The number of aliphatic hydroxyl groups is 1. The highest BCUT2D eigenvalue weighted by Crippen LogP contribution is 2.41. The van der Waals surface area contributed by atoms with Gasteiger partial charge in [0, 0.05) is 50.0 Å². The van der Waals surface area contributed by atoms with E-state index in [9.17, 15) is 14.4 Å². The SMILES string of the molecule is O=C(/C=C/c1cnc2c(c1)CC1(CCN(C(=O)CO)CC1)C(=O)N2)N1CCC(=Cc2nccs2)CC1. The Morgan fingerprint density at radius 2 is 1.92 bits per heavy atom. The van der Waals surface area contributed by atoms with Gasteiger partial charge < -0.3 is 20.2 Å². The van der Waals surface area contributed by atoms with E-state index in [1.165, 1.54) is 5.57 Å². The predicted molar refractivity (Wildman–Crippen MR) is 137 cm³/mol. The van der Waals surface area contributed by atoms with Crippen molar-refractivity contribution in [3.63, 3.8) is 0 Å². The van der Waals surface area contributed by atoms with Crippen LogP contribution >= 0.6 is 11.3 Å². The number of pyridine rings is 1. The maximum atomic E-state index is 12.9. The van der Waals surface area contributed by atoms with Crippen molar-refractivity contribution >= 4 is 47.0 Å². The monoisotopic (exact) mass is 507 g/mol. The number of carbonyl (C=O) groups is 3. The molecule has 5 rings (SSSR count). The summed E-state index contributed by atoms with van der Waals surface area (Å²) in [6, 6.07) is 1.98. The number of aromatic nitrogens is 2. The fraction of sp³-hybridized carbons (Fsp3) is 0.423. The van der Waals surface area contributed by atoms with Crippen LogP contribution in [0, 0.1) is 5.41 Å². The van der Waals surface area contributed by atoms with Crippen LogP contribution in [-0.2, 0) is 20.8 Å². The Bertz CT molecular complexity index is 1200. The van der Waals surface area contributed by atoms with Crippen molar-refractivity contribution in [2.75, 3.05) is 38.1 Å². The molecular weight excluding hydrogens is 478 g/mol. The lowest BCUT2D eigenvalue weighted by Crippen LogP contribution is -2.51. The molecule has 10 heteroatoms. The molecule has 2 N–H and O–H groups in total. The summed E-state index contributed by atoms with van der Waals surface area (Å²) in [7, 11) is 0. The summed E-state index contributed by atoms with van der Waals surface area (Å²) < 4.78 is 0. The number of piperidine rings is 2. The normalized spacial score (nSPS) is 19.4. The number of anilines is 1. The summed E-state index contributed by atoms with van der Waals surface area (Å²) in [4.78, 5) is 49.6. The second kappa shape index (κ2) is 10.3. The molecule has 0 unspecified atom stereocenters. The second-order valence-corrected chi connectivity index (χ2v) is 10.5. The van der Waals surface area contributed by atoms with Gasteiger partial charge in [0.05, 0.1) is 5.41 Å². The molecule has 2 aromatic heterocycles. The standard InChI is InChI=1S/C26H29N5O4S/c32-17-23(34)31-10-5-26(6-11-31)15-20-13-19(16-28-24(20)29-25(26)35)1-2-22(33)30-8-3-18(4-9-30)14-21-27-7-12-36-21/h1-2,7,12-14,16,32H,3-6,8-11,15,17H2,(H,28,29,35)/b2-1+. The van der Waals surface area contributed by atoms with Gasteiger partial charge in [-0.25, -0.2) is 9.97 Å². The van der Waals surface area contributed by atoms with Gasteiger partial charge in [-0.2, -0.15) is 0 Å². The quantitative estimate of drug-likeness (QED) is 0.614. The number of fused-ring (bicyclic) bond motifs is 1. The average molecular weight is 508 g/mol. The predicted octanol–water partition coefficient (Wildman–Crippen LogP) is 2.35. The molecule has 0 atom stereocenters. The number of nitrogens with zero attached hydrogens (tertiary/aromatic N) is 4. The molecule has 188 valence electrons. The van der Waals surface area contributed by atoms with Gasteiger partial charge in [0.15, 0.2) is 0 Å². The van der Waals surface area contributed by atoms with Crippen molar-refractivity contribution in [2.45, 2.75) is 32.1 Å². The molecule has 0 radical (unpaired) electrons. The van der Waals surface area contributed by atoms with Crippen LogP contribution in [0.15, 0.2) is 35.5 Å². The molecule has 5 heterocycles. The van der Waals surface area contributed by atoms with Crippen molar-refractivity contribution in [1.29, 1.82) is 0 Å². The number of likely N-dealkylation sites (tertiary alicyclic amines) is 2. The van der Waals surface area contributed by atoms with Crippen molar-refractivity contribution in [3.05, 3.63) is 51.6 Å². The lowest BCUT2D eigenvalue weighted by atomic mass is 9.71. The Labute approximate surface area is 213 Å². The molecule has 3 aliphatic rings. The van der Waals surface area contributed by atoms with Gasteiger partial charge in [0.25, 0.3) is 0 Å². The molecule has 3 aliphatic heterocycles. The first-order valence-corrected chi connectivity index (χ1v) is 13.1. The van der Waals surface area contributed by atoms with Crippen LogP contribution in [0.5, 0.6) is 0 Å². The summed E-state index contributed by atoms with van der Waals surface area (Å²) in [5.41, 5.74) is 2.47. The zero-order valence-electron chi connectivity index (χ0n) is 20.0. The van der Waals surface area contributed by atoms with Crippen LogP contribution < -0.4 is 5.32 Å². The first-order valence-electron chi connectivity index (χ1n) is 12.2. The largest absolute Gasteiger partial charge is 0.387 e. The lowest BCUT2D eigenvalue weighted by molar-refractivity contribution is -0.140. The molecule has 0 aromatic carbocycles. The van der Waals surface area contributed by atoms with Crippen molar-refractivity contribution in [2.24, 2.45) is 5.41 Å². The number of aliphatic hydroxyl groups excluding tert-OH is 1. The van der Waals surface area contributed by atoms with E-state index in [2.05, 4.69) is 21.4 Å². The minimum absolute atomic E-state index is 0.0216. The van der Waals surface area contributed by atoms with Gasteiger partial charge >= 0.3 is 0 Å². The average Bonchev–Trinajstić information content (AvgIpc) is 3.41. The molecule has 0 bridgehead atoms. The van der Waals surface area contributed by atoms with Gasteiger partial charge in [-0.1, -0.05) is 5.57 Å². The van der Waals surface area contributed by atoms with E-state index in [4.69, 9.17) is 5.11 Å². The maximum absolute atomic E-state index is 12.9. The molecule has 2 saturated heterocycles. The number of hydrogen-bond donors (Lipinski definition) is 2. The van der Waals surface area contributed by atoms with Crippen LogP contribution in [0.2, 0.25) is 0 Å². The molecule has 0 aliphatic carbocycles. The van der Waals surface area contributed by atoms with Crippen molar-refractivity contribution < 1.29 is 19.5 Å². The summed E-state index contributed by atoms with van der Waals surface area (Å²) >= 11 is 1.62. The number of carbonyl (C=O) groups excluding carboxylic acids is 3. The van der Waals surface area contributed by atoms with Crippen LogP contribution in [0.1, 0.15) is 41.8 Å². The Balaban J connectivity index is 1.21. The van der Waals surface area contributed by atoms with Crippen LogP contribution in [0.4, 0.5) is 5.82 Å². The Kier molecular flexibility index (Phi) is 6.97. The zero-order valence-corrected chi connectivity index (χ0v) is 20.8. The smallest absolute Gasteiger partial charge is 0.248 e. The van der Waals surface area contributed by atoms with Crippen molar-refractivity contribution in [1.82, 2.24) is 19.8 Å². The highest BCUT2D eigenvalue weighted by atomic mass is 32.1. The minimum atomic E-state index is -0.587. The maximum Gasteiger partial charge on any atom is 0.248 e. The van der Waals surface area contributed by atoms with E-state index in [1.54, 1.807) is 40.8 Å². The third-order valence-corrected chi connectivity index (χ3v) is 8.08. The lowest BCUT2D eigenvalue weighted by Gasteiger charge is -2.42. The van der Waals surface area contributed by atoms with Gasteiger partial charge in [-0.15, -0.1) is 11.3 Å². The van der Waals surface area contributed by atoms with Gasteiger partial charge in [0.2, 0.25) is 17.7 Å². The minimum Gasteiger partial charge on any atom is -0.387 e. The molecule has 2 fully saturated rings. The number of thiazole rings is 1. The Morgan fingerprint density at radius 3 is 2.61 bits per heavy atom. The van der Waals surface area contributed by atoms with E-state index < -0.39 is 12.0 Å². The van der Waals surface area contributed by atoms with Gasteiger partial charge in [0.1, 0.15) is 17.4 Å². The summed E-state index contributed by atoms with van der Waals surface area (Å²) in [6.07, 6.45) is 12.3. The van der Waals surface area contributed by atoms with Crippen LogP contribution in [-0.4, -0.2) is 75.4 Å². The van der Waals surface area contributed by atoms with Crippen LogP contribution in [0.25, 0.3) is 12.2 Å². The van der Waals surface area contributed by atoms with E-state index in [-0.39, 0.29) is 17.7 Å². The molecule has 0 saturated carbocycles. The fourth-order valence-electron chi connectivity index (χ4n) is 5.15. The van der Waals surface area contributed by atoms with E-state index in [0.29, 0.717) is 51.3 Å². The third-order valence-electron chi connectivity index (χ3n) is 7.35. The molecular formula is C26H29N5O4S. The third kappa shape index (κ3) is 5.10. The number of nitrogens with one attached hydrogen (secondary N) is 1. The fourth-order valence-corrected chi connectivity index (χ4v) is 5.77.